The van der Waals surface area contributed by atoms with E-state index in [4.69, 9.17) is 16.3 Å². The molecule has 1 aromatic carbocycles. The number of nitrogens with zero attached hydrogens (tertiary/aromatic N) is 2. The number of carbonyl (C=O) groups is 2. The number of anilines is 1. The second kappa shape index (κ2) is 9.26. The van der Waals surface area contributed by atoms with Crippen molar-refractivity contribution >= 4 is 40.4 Å². The van der Waals surface area contributed by atoms with E-state index in [0.717, 1.165) is 39.1 Å². The molecular weight excluding hydrogens is 410 g/mol. The minimum Gasteiger partial charge on any atom is -0.377 e. The lowest BCUT2D eigenvalue weighted by Crippen LogP contribution is -2.50. The van der Waals surface area contributed by atoms with E-state index >= 15 is 0 Å². The molecule has 2 aliphatic rings. The highest BCUT2D eigenvalue weighted by Gasteiger charge is 2.26. The molecule has 154 valence electrons. The van der Waals surface area contributed by atoms with Gasteiger partial charge < -0.3 is 15.0 Å². The van der Waals surface area contributed by atoms with Crippen LogP contribution in [0.4, 0.5) is 5.69 Å². The average molecular weight is 434 g/mol. The molecule has 0 bridgehead atoms. The first-order valence-corrected chi connectivity index (χ1v) is 11.1. The predicted molar refractivity (Wildman–Crippen MR) is 115 cm³/mol. The zero-order valence-electron chi connectivity index (χ0n) is 16.1. The van der Waals surface area contributed by atoms with E-state index in [-0.39, 0.29) is 11.8 Å². The van der Waals surface area contributed by atoms with Crippen molar-refractivity contribution in [1.82, 2.24) is 9.80 Å². The van der Waals surface area contributed by atoms with Gasteiger partial charge in [-0.15, -0.1) is 11.3 Å². The van der Waals surface area contributed by atoms with Gasteiger partial charge in [-0.05, 0) is 42.5 Å². The van der Waals surface area contributed by atoms with Crippen molar-refractivity contribution in [2.45, 2.75) is 18.9 Å². The van der Waals surface area contributed by atoms with Crippen LogP contribution in [0.15, 0.2) is 35.7 Å². The molecular formula is C21H24ClN3O3S. The summed E-state index contributed by atoms with van der Waals surface area (Å²) in [7, 11) is 0. The van der Waals surface area contributed by atoms with Gasteiger partial charge in [0, 0.05) is 44.9 Å². The summed E-state index contributed by atoms with van der Waals surface area (Å²) in [4.78, 5) is 30.1. The van der Waals surface area contributed by atoms with Crippen LogP contribution in [0.1, 0.15) is 32.9 Å². The highest BCUT2D eigenvalue weighted by Crippen LogP contribution is 2.25. The number of ether oxygens (including phenoxy) is 1. The zero-order valence-corrected chi connectivity index (χ0v) is 17.7. The number of carbonyl (C=O) groups excluding carboxylic acids is 2. The number of rotatable bonds is 5. The van der Waals surface area contributed by atoms with Crippen molar-refractivity contribution < 1.29 is 14.3 Å². The molecule has 2 saturated heterocycles. The lowest BCUT2D eigenvalue weighted by Gasteiger charge is -2.35. The molecule has 0 radical (unpaired) electrons. The summed E-state index contributed by atoms with van der Waals surface area (Å²) in [5, 5.41) is 5.06. The third kappa shape index (κ3) is 4.98. The molecule has 1 N–H and O–H groups in total. The highest BCUT2D eigenvalue weighted by molar-refractivity contribution is 7.12. The Bertz CT molecular complexity index is 860. The fourth-order valence-corrected chi connectivity index (χ4v) is 4.52. The van der Waals surface area contributed by atoms with Crippen molar-refractivity contribution in [3.8, 4) is 0 Å². The van der Waals surface area contributed by atoms with E-state index in [2.05, 4.69) is 10.2 Å². The summed E-state index contributed by atoms with van der Waals surface area (Å²) in [6.45, 7) is 4.88. The molecule has 2 fully saturated rings. The minimum atomic E-state index is -0.228. The van der Waals surface area contributed by atoms with E-state index in [1.165, 1.54) is 11.3 Å². The molecule has 6 nitrogen and oxygen atoms in total. The molecule has 3 heterocycles. The van der Waals surface area contributed by atoms with Crippen LogP contribution in [0, 0.1) is 0 Å². The Morgan fingerprint density at radius 2 is 2.03 bits per heavy atom. The fraction of sp³-hybridized carbons (Fsp3) is 0.429. The monoisotopic (exact) mass is 433 g/mol. The quantitative estimate of drug-likeness (QED) is 0.782. The highest BCUT2D eigenvalue weighted by atomic mass is 35.5. The van der Waals surface area contributed by atoms with Gasteiger partial charge in [-0.25, -0.2) is 0 Å². The summed E-state index contributed by atoms with van der Waals surface area (Å²) in [6, 6.07) is 8.60. The van der Waals surface area contributed by atoms with Gasteiger partial charge in [-0.3, -0.25) is 14.5 Å². The Morgan fingerprint density at radius 3 is 2.72 bits per heavy atom. The van der Waals surface area contributed by atoms with Crippen LogP contribution in [0.5, 0.6) is 0 Å². The van der Waals surface area contributed by atoms with E-state index in [1.54, 1.807) is 24.3 Å². The lowest BCUT2D eigenvalue weighted by atomic mass is 10.1. The molecule has 0 saturated carbocycles. The smallest absolute Gasteiger partial charge is 0.265 e. The first kappa shape index (κ1) is 20.3. The van der Waals surface area contributed by atoms with E-state index in [0.29, 0.717) is 40.3 Å². The molecule has 29 heavy (non-hydrogen) atoms. The first-order valence-electron chi connectivity index (χ1n) is 9.88. The van der Waals surface area contributed by atoms with Crippen LogP contribution in [-0.4, -0.2) is 67.0 Å². The lowest BCUT2D eigenvalue weighted by molar-refractivity contribution is 0.0432. The molecule has 1 aromatic heterocycles. The van der Waals surface area contributed by atoms with Crippen molar-refractivity contribution in [2.75, 3.05) is 44.6 Å². The molecule has 2 amide bonds. The Kier molecular flexibility index (Phi) is 6.50. The maximum atomic E-state index is 13.0. The Hall–Kier alpha value is -1.93. The summed E-state index contributed by atoms with van der Waals surface area (Å²) >= 11 is 7.59. The molecule has 0 spiro atoms. The average Bonchev–Trinajstić information content (AvgIpc) is 3.44. The number of benzene rings is 1. The Morgan fingerprint density at radius 1 is 1.21 bits per heavy atom. The number of thiophene rings is 1. The Labute approximate surface area is 179 Å². The topological polar surface area (TPSA) is 61.9 Å². The maximum Gasteiger partial charge on any atom is 0.265 e. The molecule has 1 unspecified atom stereocenters. The van der Waals surface area contributed by atoms with Crippen molar-refractivity contribution in [2.24, 2.45) is 0 Å². The zero-order chi connectivity index (χ0) is 20.2. The number of hydrogen-bond donors (Lipinski definition) is 1. The second-order valence-electron chi connectivity index (χ2n) is 7.35. The molecule has 0 aliphatic carbocycles. The number of hydrogen-bond acceptors (Lipinski definition) is 5. The van der Waals surface area contributed by atoms with Crippen LogP contribution in [0.25, 0.3) is 0 Å². The predicted octanol–water partition coefficient (Wildman–Crippen LogP) is 3.59. The van der Waals surface area contributed by atoms with Gasteiger partial charge in [0.25, 0.3) is 11.8 Å². The van der Waals surface area contributed by atoms with Gasteiger partial charge in [-0.2, -0.15) is 0 Å². The molecule has 4 rings (SSSR count). The third-order valence-electron chi connectivity index (χ3n) is 5.35. The van der Waals surface area contributed by atoms with Gasteiger partial charge in [0.15, 0.2) is 0 Å². The standard InChI is InChI=1S/C21H24ClN3O3S/c22-17-6-5-15(13-18(17)23-20(26)19-4-2-12-29-19)21(27)25-9-7-24(8-10-25)14-16-3-1-11-28-16/h2,4-6,12-13,16H,1,3,7-11,14H2,(H,23,26). The number of nitrogens with one attached hydrogen (secondary N) is 1. The third-order valence-corrected chi connectivity index (χ3v) is 6.55. The number of amides is 2. The van der Waals surface area contributed by atoms with Gasteiger partial charge in [-0.1, -0.05) is 17.7 Å². The summed E-state index contributed by atoms with van der Waals surface area (Å²) in [5.41, 5.74) is 0.983. The normalized spacial score (nSPS) is 20.0. The van der Waals surface area contributed by atoms with Gasteiger partial charge in [0.1, 0.15) is 0 Å². The van der Waals surface area contributed by atoms with E-state index in [1.807, 2.05) is 16.3 Å². The summed E-state index contributed by atoms with van der Waals surface area (Å²) in [6.07, 6.45) is 2.61. The molecule has 2 aliphatic heterocycles. The Balaban J connectivity index is 1.37. The maximum absolute atomic E-state index is 13.0. The number of piperazine rings is 1. The summed E-state index contributed by atoms with van der Waals surface area (Å²) in [5.74, 6) is -0.265. The van der Waals surface area contributed by atoms with Crippen molar-refractivity contribution in [3.05, 3.63) is 51.2 Å². The second-order valence-corrected chi connectivity index (χ2v) is 8.71. The fourth-order valence-electron chi connectivity index (χ4n) is 3.74. The minimum absolute atomic E-state index is 0.0370. The molecule has 2 aromatic rings. The van der Waals surface area contributed by atoms with Crippen molar-refractivity contribution in [1.29, 1.82) is 0 Å². The molecule has 1 atom stereocenters. The van der Waals surface area contributed by atoms with Gasteiger partial charge in [0.05, 0.1) is 21.7 Å². The number of halogens is 1. The van der Waals surface area contributed by atoms with Crippen molar-refractivity contribution in [3.63, 3.8) is 0 Å². The van der Waals surface area contributed by atoms with Crippen LogP contribution in [-0.2, 0) is 4.74 Å². The molecule has 8 heteroatoms. The van der Waals surface area contributed by atoms with E-state index in [9.17, 15) is 9.59 Å². The van der Waals surface area contributed by atoms with Gasteiger partial charge >= 0.3 is 0 Å². The SMILES string of the molecule is O=C(Nc1cc(C(=O)N2CCN(CC3CCCO3)CC2)ccc1Cl)c1cccs1. The first-order chi connectivity index (χ1) is 14.1. The van der Waals surface area contributed by atoms with Gasteiger partial charge in [0.2, 0.25) is 0 Å². The summed E-state index contributed by atoms with van der Waals surface area (Å²) < 4.78 is 5.71. The van der Waals surface area contributed by atoms with E-state index < -0.39 is 0 Å². The van der Waals surface area contributed by atoms with Crippen LogP contribution >= 0.6 is 22.9 Å². The largest absolute Gasteiger partial charge is 0.377 e. The van der Waals surface area contributed by atoms with Crippen LogP contribution < -0.4 is 5.32 Å². The van der Waals surface area contributed by atoms with Crippen LogP contribution in [0.3, 0.4) is 0 Å². The van der Waals surface area contributed by atoms with Crippen LogP contribution in [0.2, 0.25) is 5.02 Å².